The number of nitrogens with one attached hydrogen (secondary N) is 1. The number of rotatable bonds is 6. The number of carbonyl (C=O) groups is 1. The molecular weight excluding hydrogens is 286 g/mol. The highest BCUT2D eigenvalue weighted by Crippen LogP contribution is 2.14. The van der Waals surface area contributed by atoms with Crippen molar-refractivity contribution in [3.63, 3.8) is 0 Å². The van der Waals surface area contributed by atoms with Gasteiger partial charge in [-0.25, -0.2) is 0 Å². The van der Waals surface area contributed by atoms with Gasteiger partial charge in [0, 0.05) is 19.2 Å². The van der Waals surface area contributed by atoms with Gasteiger partial charge in [0.15, 0.2) is 4.67 Å². The second-order valence-electron chi connectivity index (χ2n) is 3.84. The van der Waals surface area contributed by atoms with Gasteiger partial charge >= 0.3 is 0 Å². The number of hydrogen-bond donors (Lipinski definition) is 2. The van der Waals surface area contributed by atoms with Crippen LogP contribution in [0.5, 0.6) is 0 Å². The molecule has 1 aromatic rings. The molecular formula is C12H16BrNO3. The van der Waals surface area contributed by atoms with E-state index in [4.69, 9.17) is 9.52 Å². The molecule has 1 amide bonds. The number of carbonyl (C=O) groups excluding carboxylic acids is 1. The highest BCUT2D eigenvalue weighted by molar-refractivity contribution is 9.10. The smallest absolute Gasteiger partial charge is 0.244 e. The van der Waals surface area contributed by atoms with E-state index in [1.54, 1.807) is 18.2 Å². The van der Waals surface area contributed by atoms with Gasteiger partial charge in [0.05, 0.1) is 0 Å². The molecule has 1 heterocycles. The molecule has 0 aliphatic carbocycles. The molecule has 2 N–H and O–H groups in total. The number of furan rings is 1. The third kappa shape index (κ3) is 5.70. The van der Waals surface area contributed by atoms with Crippen molar-refractivity contribution in [2.24, 2.45) is 5.92 Å². The predicted octanol–water partition coefficient (Wildman–Crippen LogP) is 2.19. The Labute approximate surface area is 109 Å². The van der Waals surface area contributed by atoms with E-state index in [0.29, 0.717) is 23.4 Å². The van der Waals surface area contributed by atoms with Crippen molar-refractivity contribution < 1.29 is 14.3 Å². The normalized spacial score (nSPS) is 12.9. The van der Waals surface area contributed by atoms with E-state index in [-0.39, 0.29) is 18.4 Å². The number of aliphatic hydroxyl groups excluding tert-OH is 1. The average Bonchev–Trinajstić information content (AvgIpc) is 2.70. The summed E-state index contributed by atoms with van der Waals surface area (Å²) in [5.74, 6) is 0.729. The molecule has 5 heteroatoms. The Morgan fingerprint density at radius 3 is 3.00 bits per heavy atom. The van der Waals surface area contributed by atoms with Gasteiger partial charge in [0.1, 0.15) is 5.76 Å². The molecule has 1 atom stereocenters. The lowest BCUT2D eigenvalue weighted by Gasteiger charge is -2.09. The second-order valence-corrected chi connectivity index (χ2v) is 4.62. The lowest BCUT2D eigenvalue weighted by Crippen LogP contribution is -2.26. The van der Waals surface area contributed by atoms with Crippen molar-refractivity contribution in [2.75, 3.05) is 13.2 Å². The maximum atomic E-state index is 11.4. The molecule has 94 valence electrons. The summed E-state index contributed by atoms with van der Waals surface area (Å²) in [7, 11) is 0. The summed E-state index contributed by atoms with van der Waals surface area (Å²) in [5, 5.41) is 11.5. The molecule has 0 saturated carbocycles. The Hall–Kier alpha value is -1.07. The van der Waals surface area contributed by atoms with Gasteiger partial charge in [-0.3, -0.25) is 4.79 Å². The van der Waals surface area contributed by atoms with Crippen molar-refractivity contribution in [1.82, 2.24) is 5.32 Å². The van der Waals surface area contributed by atoms with E-state index in [9.17, 15) is 4.79 Å². The number of halogens is 1. The third-order valence-electron chi connectivity index (χ3n) is 2.24. The van der Waals surface area contributed by atoms with Crippen molar-refractivity contribution in [3.05, 3.63) is 28.6 Å². The van der Waals surface area contributed by atoms with E-state index < -0.39 is 0 Å². The van der Waals surface area contributed by atoms with Crippen LogP contribution >= 0.6 is 15.9 Å². The zero-order valence-corrected chi connectivity index (χ0v) is 11.2. The molecule has 4 nitrogen and oxygen atoms in total. The van der Waals surface area contributed by atoms with Gasteiger partial charge < -0.3 is 14.8 Å². The van der Waals surface area contributed by atoms with E-state index >= 15 is 0 Å². The predicted molar refractivity (Wildman–Crippen MR) is 69.3 cm³/mol. The lowest BCUT2D eigenvalue weighted by molar-refractivity contribution is -0.116. The van der Waals surface area contributed by atoms with E-state index in [1.807, 2.05) is 6.92 Å². The minimum absolute atomic E-state index is 0.146. The van der Waals surface area contributed by atoms with Crippen LogP contribution < -0.4 is 5.32 Å². The molecule has 0 fully saturated rings. The highest BCUT2D eigenvalue weighted by Gasteiger charge is 2.02. The van der Waals surface area contributed by atoms with Gasteiger partial charge in [-0.1, -0.05) is 6.92 Å². The Bertz CT molecular complexity index is 387. The fourth-order valence-corrected chi connectivity index (χ4v) is 1.55. The topological polar surface area (TPSA) is 62.5 Å². The Morgan fingerprint density at radius 2 is 2.41 bits per heavy atom. The van der Waals surface area contributed by atoms with Crippen LogP contribution in [0.2, 0.25) is 0 Å². The molecule has 17 heavy (non-hydrogen) atoms. The molecule has 1 aromatic heterocycles. The molecule has 0 bridgehead atoms. The third-order valence-corrected chi connectivity index (χ3v) is 2.67. The van der Waals surface area contributed by atoms with Crippen LogP contribution in [0.3, 0.4) is 0 Å². The standard InChI is InChI=1S/C12H16BrNO3/c1-9(6-7-15)8-14-12(16)5-3-10-2-4-11(13)17-10/h2-5,9,15H,6-8H2,1H3,(H,14,16). The van der Waals surface area contributed by atoms with Crippen LogP contribution in [-0.2, 0) is 4.79 Å². The first-order valence-corrected chi connectivity index (χ1v) is 6.23. The quantitative estimate of drug-likeness (QED) is 0.792. The summed E-state index contributed by atoms with van der Waals surface area (Å²) in [4.78, 5) is 11.4. The summed E-state index contributed by atoms with van der Waals surface area (Å²) < 4.78 is 5.85. The molecule has 1 rings (SSSR count). The zero-order chi connectivity index (χ0) is 12.7. The van der Waals surface area contributed by atoms with Crippen molar-refractivity contribution in [2.45, 2.75) is 13.3 Å². The minimum Gasteiger partial charge on any atom is -0.450 e. The molecule has 0 radical (unpaired) electrons. The summed E-state index contributed by atoms with van der Waals surface area (Å²) in [5.41, 5.74) is 0. The van der Waals surface area contributed by atoms with Gasteiger partial charge in [-0.05, 0) is 46.5 Å². The molecule has 0 spiro atoms. The van der Waals surface area contributed by atoms with Crippen LogP contribution in [0.1, 0.15) is 19.1 Å². The van der Waals surface area contributed by atoms with Gasteiger partial charge in [0.2, 0.25) is 5.91 Å². The first kappa shape index (κ1) is 14.0. The number of hydrogen-bond acceptors (Lipinski definition) is 3. The van der Waals surface area contributed by atoms with E-state index in [1.165, 1.54) is 6.08 Å². The number of aliphatic hydroxyl groups is 1. The van der Waals surface area contributed by atoms with Crippen LogP contribution in [0.4, 0.5) is 0 Å². The van der Waals surface area contributed by atoms with Crippen molar-refractivity contribution in [1.29, 1.82) is 0 Å². The van der Waals surface area contributed by atoms with Gasteiger partial charge in [0.25, 0.3) is 0 Å². The van der Waals surface area contributed by atoms with Crippen molar-refractivity contribution >= 4 is 27.9 Å². The first-order valence-electron chi connectivity index (χ1n) is 5.44. The fraction of sp³-hybridized carbons (Fsp3) is 0.417. The zero-order valence-electron chi connectivity index (χ0n) is 9.65. The van der Waals surface area contributed by atoms with E-state index in [2.05, 4.69) is 21.2 Å². The minimum atomic E-state index is -0.165. The van der Waals surface area contributed by atoms with Gasteiger partial charge in [-0.2, -0.15) is 0 Å². The van der Waals surface area contributed by atoms with Crippen LogP contribution in [0.15, 0.2) is 27.3 Å². The average molecular weight is 302 g/mol. The van der Waals surface area contributed by atoms with Crippen LogP contribution in [-0.4, -0.2) is 24.2 Å². The molecule has 1 unspecified atom stereocenters. The molecule has 0 aromatic carbocycles. The second kappa shape index (κ2) is 7.29. The van der Waals surface area contributed by atoms with Gasteiger partial charge in [-0.15, -0.1) is 0 Å². The van der Waals surface area contributed by atoms with Crippen LogP contribution in [0.25, 0.3) is 6.08 Å². The molecule has 0 aliphatic heterocycles. The fourth-order valence-electron chi connectivity index (χ4n) is 1.23. The highest BCUT2D eigenvalue weighted by atomic mass is 79.9. The Kier molecular flexibility index (Phi) is 6.00. The summed E-state index contributed by atoms with van der Waals surface area (Å²) >= 11 is 3.18. The Balaban J connectivity index is 2.32. The maximum absolute atomic E-state index is 11.4. The summed E-state index contributed by atoms with van der Waals surface area (Å²) in [6, 6.07) is 3.53. The van der Waals surface area contributed by atoms with Crippen LogP contribution in [0, 0.1) is 5.92 Å². The lowest BCUT2D eigenvalue weighted by atomic mass is 10.1. The largest absolute Gasteiger partial charge is 0.450 e. The van der Waals surface area contributed by atoms with Crippen molar-refractivity contribution in [3.8, 4) is 0 Å². The summed E-state index contributed by atoms with van der Waals surface area (Å²) in [6.45, 7) is 2.68. The monoisotopic (exact) mass is 301 g/mol. The Morgan fingerprint density at radius 1 is 1.65 bits per heavy atom. The number of amides is 1. The molecule has 0 saturated heterocycles. The van der Waals surface area contributed by atoms with E-state index in [0.717, 1.165) is 0 Å². The SMILES string of the molecule is CC(CCO)CNC(=O)C=Cc1ccc(Br)o1. The summed E-state index contributed by atoms with van der Waals surface area (Å²) in [6.07, 6.45) is 3.73. The first-order chi connectivity index (χ1) is 8.11. The maximum Gasteiger partial charge on any atom is 0.244 e. The molecule has 0 aliphatic rings.